The topological polar surface area (TPSA) is 55.1 Å². The van der Waals surface area contributed by atoms with Crippen LogP contribution < -0.4 is 11.1 Å². The van der Waals surface area contributed by atoms with Crippen molar-refractivity contribution in [2.45, 2.75) is 13.0 Å². The molecule has 1 rings (SSSR count). The Hall–Kier alpha value is -1.03. The summed E-state index contributed by atoms with van der Waals surface area (Å²) in [6, 6.07) is 7.17. The van der Waals surface area contributed by atoms with Crippen LogP contribution in [0.4, 0.5) is 4.79 Å². The molecule has 0 bridgehead atoms. The fraction of sp³-hybridized carbons (Fsp3) is 0.222. The SMILES string of the molecule is C[C@@H](NC(N)=O)c1ccc(Br)cc1. The molecule has 1 aromatic carbocycles. The van der Waals surface area contributed by atoms with Crippen LogP contribution in [0.2, 0.25) is 0 Å². The quantitative estimate of drug-likeness (QED) is 0.821. The van der Waals surface area contributed by atoms with Gasteiger partial charge in [-0.15, -0.1) is 0 Å². The number of amides is 2. The molecule has 0 aliphatic heterocycles. The van der Waals surface area contributed by atoms with E-state index in [1.165, 1.54) is 0 Å². The number of benzene rings is 1. The van der Waals surface area contributed by atoms with Gasteiger partial charge in [0.15, 0.2) is 0 Å². The third-order valence-corrected chi connectivity index (χ3v) is 2.26. The molecule has 3 nitrogen and oxygen atoms in total. The molecular formula is C9H11BrN2O. The zero-order valence-electron chi connectivity index (χ0n) is 7.25. The van der Waals surface area contributed by atoms with Gasteiger partial charge in [-0.1, -0.05) is 28.1 Å². The molecule has 1 aromatic rings. The van der Waals surface area contributed by atoms with Crippen molar-refractivity contribution < 1.29 is 4.79 Å². The van der Waals surface area contributed by atoms with Gasteiger partial charge in [0.2, 0.25) is 0 Å². The Kier molecular flexibility index (Phi) is 3.31. The monoisotopic (exact) mass is 242 g/mol. The first-order chi connectivity index (χ1) is 6.09. The van der Waals surface area contributed by atoms with Crippen molar-refractivity contribution in [1.29, 1.82) is 0 Å². The molecule has 0 aromatic heterocycles. The Morgan fingerprint density at radius 2 is 2.00 bits per heavy atom. The van der Waals surface area contributed by atoms with E-state index in [2.05, 4.69) is 21.2 Å². The van der Waals surface area contributed by atoms with E-state index in [1.807, 2.05) is 31.2 Å². The molecular weight excluding hydrogens is 232 g/mol. The molecule has 0 spiro atoms. The van der Waals surface area contributed by atoms with Crippen molar-refractivity contribution in [1.82, 2.24) is 5.32 Å². The Labute approximate surface area is 85.4 Å². The van der Waals surface area contributed by atoms with E-state index >= 15 is 0 Å². The zero-order valence-corrected chi connectivity index (χ0v) is 8.84. The lowest BCUT2D eigenvalue weighted by Gasteiger charge is -2.11. The Bertz CT molecular complexity index is 297. The number of urea groups is 1. The maximum absolute atomic E-state index is 10.6. The van der Waals surface area contributed by atoms with Crippen LogP contribution in [0.1, 0.15) is 18.5 Å². The Morgan fingerprint density at radius 1 is 1.46 bits per heavy atom. The van der Waals surface area contributed by atoms with Gasteiger partial charge in [0.1, 0.15) is 0 Å². The van der Waals surface area contributed by atoms with Crippen LogP contribution in [0.3, 0.4) is 0 Å². The summed E-state index contributed by atoms with van der Waals surface area (Å²) in [4.78, 5) is 10.6. The van der Waals surface area contributed by atoms with Crippen molar-refractivity contribution in [3.8, 4) is 0 Å². The van der Waals surface area contributed by atoms with Gasteiger partial charge in [0.05, 0.1) is 6.04 Å². The Balaban J connectivity index is 2.71. The summed E-state index contributed by atoms with van der Waals surface area (Å²) in [6.45, 7) is 1.88. The average Bonchev–Trinajstić information content (AvgIpc) is 2.04. The van der Waals surface area contributed by atoms with E-state index in [4.69, 9.17) is 5.73 Å². The van der Waals surface area contributed by atoms with Crippen LogP contribution >= 0.6 is 15.9 Å². The number of nitrogens with two attached hydrogens (primary N) is 1. The average molecular weight is 243 g/mol. The van der Waals surface area contributed by atoms with E-state index in [0.29, 0.717) is 0 Å². The van der Waals surface area contributed by atoms with E-state index in [1.54, 1.807) is 0 Å². The number of rotatable bonds is 2. The molecule has 13 heavy (non-hydrogen) atoms. The van der Waals surface area contributed by atoms with E-state index in [-0.39, 0.29) is 6.04 Å². The van der Waals surface area contributed by atoms with E-state index in [9.17, 15) is 4.79 Å². The fourth-order valence-corrected chi connectivity index (χ4v) is 1.31. The second-order valence-electron chi connectivity index (χ2n) is 2.78. The van der Waals surface area contributed by atoms with Gasteiger partial charge < -0.3 is 11.1 Å². The number of primary amides is 1. The largest absolute Gasteiger partial charge is 0.352 e. The molecule has 0 saturated carbocycles. The van der Waals surface area contributed by atoms with Gasteiger partial charge in [-0.2, -0.15) is 0 Å². The first-order valence-corrected chi connectivity index (χ1v) is 4.70. The van der Waals surface area contributed by atoms with Crippen LogP contribution in [0, 0.1) is 0 Å². The van der Waals surface area contributed by atoms with Crippen LogP contribution in [-0.4, -0.2) is 6.03 Å². The van der Waals surface area contributed by atoms with E-state index < -0.39 is 6.03 Å². The zero-order chi connectivity index (χ0) is 9.84. The minimum Gasteiger partial charge on any atom is -0.352 e. The van der Waals surface area contributed by atoms with Crippen molar-refractivity contribution in [3.05, 3.63) is 34.3 Å². The minimum atomic E-state index is -0.504. The van der Waals surface area contributed by atoms with Crippen molar-refractivity contribution >= 4 is 22.0 Å². The molecule has 0 aliphatic rings. The molecule has 0 radical (unpaired) electrons. The molecule has 2 amide bonds. The summed E-state index contributed by atoms with van der Waals surface area (Å²) in [5.74, 6) is 0. The van der Waals surface area contributed by atoms with Gasteiger partial charge in [-0.25, -0.2) is 4.79 Å². The number of nitrogens with one attached hydrogen (secondary N) is 1. The van der Waals surface area contributed by atoms with Crippen LogP contribution in [0.15, 0.2) is 28.7 Å². The molecule has 4 heteroatoms. The second kappa shape index (κ2) is 4.28. The molecule has 0 heterocycles. The van der Waals surface area contributed by atoms with Crippen molar-refractivity contribution in [3.63, 3.8) is 0 Å². The molecule has 0 unspecified atom stereocenters. The first-order valence-electron chi connectivity index (χ1n) is 3.91. The lowest BCUT2D eigenvalue weighted by molar-refractivity contribution is 0.246. The summed E-state index contributed by atoms with van der Waals surface area (Å²) >= 11 is 3.33. The van der Waals surface area contributed by atoms with E-state index in [0.717, 1.165) is 10.0 Å². The second-order valence-corrected chi connectivity index (χ2v) is 3.70. The van der Waals surface area contributed by atoms with Crippen molar-refractivity contribution in [2.24, 2.45) is 5.73 Å². The molecule has 70 valence electrons. The first kappa shape index (κ1) is 10.1. The van der Waals surface area contributed by atoms with Gasteiger partial charge >= 0.3 is 6.03 Å². The third kappa shape index (κ3) is 3.06. The van der Waals surface area contributed by atoms with Gasteiger partial charge in [-0.3, -0.25) is 0 Å². The summed E-state index contributed by atoms with van der Waals surface area (Å²) in [6.07, 6.45) is 0. The van der Waals surface area contributed by atoms with Crippen molar-refractivity contribution in [2.75, 3.05) is 0 Å². The fourth-order valence-electron chi connectivity index (χ4n) is 1.05. The van der Waals surface area contributed by atoms with Gasteiger partial charge in [-0.05, 0) is 24.6 Å². The molecule has 3 N–H and O–H groups in total. The highest BCUT2D eigenvalue weighted by molar-refractivity contribution is 9.10. The highest BCUT2D eigenvalue weighted by Crippen LogP contribution is 2.15. The smallest absolute Gasteiger partial charge is 0.312 e. The Morgan fingerprint density at radius 3 is 2.46 bits per heavy atom. The normalized spacial score (nSPS) is 12.2. The molecule has 0 fully saturated rings. The molecule has 0 saturated heterocycles. The summed E-state index contributed by atoms with van der Waals surface area (Å²) in [5, 5.41) is 2.60. The molecule has 1 atom stereocenters. The minimum absolute atomic E-state index is 0.0504. The summed E-state index contributed by atoms with van der Waals surface area (Å²) in [5.41, 5.74) is 6.03. The van der Waals surface area contributed by atoms with Gasteiger partial charge in [0, 0.05) is 4.47 Å². The predicted octanol–water partition coefficient (Wildman–Crippen LogP) is 2.18. The summed E-state index contributed by atoms with van der Waals surface area (Å²) in [7, 11) is 0. The number of carbonyl (C=O) groups is 1. The highest BCUT2D eigenvalue weighted by Gasteiger charge is 2.05. The van der Waals surface area contributed by atoms with Crippen LogP contribution in [0.25, 0.3) is 0 Å². The standard InChI is InChI=1S/C9H11BrN2O/c1-6(12-9(11)13)7-2-4-8(10)5-3-7/h2-6H,1H3,(H3,11,12,13)/t6-/m1/s1. The number of hydrogen-bond acceptors (Lipinski definition) is 1. The highest BCUT2D eigenvalue weighted by atomic mass is 79.9. The maximum atomic E-state index is 10.6. The molecule has 0 aliphatic carbocycles. The lowest BCUT2D eigenvalue weighted by Crippen LogP contribution is -2.31. The number of hydrogen-bond donors (Lipinski definition) is 2. The lowest BCUT2D eigenvalue weighted by atomic mass is 10.1. The van der Waals surface area contributed by atoms with Crippen LogP contribution in [-0.2, 0) is 0 Å². The number of carbonyl (C=O) groups excluding carboxylic acids is 1. The summed E-state index contributed by atoms with van der Waals surface area (Å²) < 4.78 is 1.02. The van der Waals surface area contributed by atoms with Crippen LogP contribution in [0.5, 0.6) is 0 Å². The maximum Gasteiger partial charge on any atom is 0.312 e. The third-order valence-electron chi connectivity index (χ3n) is 1.73. The predicted molar refractivity (Wildman–Crippen MR) is 55.3 cm³/mol. The number of halogens is 1. The van der Waals surface area contributed by atoms with Gasteiger partial charge in [0.25, 0.3) is 0 Å².